The number of carbonyl (C=O) groups is 4. The summed E-state index contributed by atoms with van der Waals surface area (Å²) < 4.78 is 21.0. The maximum Gasteiger partial charge on any atom is 0.322 e. The normalized spacial score (nSPS) is 11.9. The van der Waals surface area contributed by atoms with Gasteiger partial charge in [0, 0.05) is 0 Å². The van der Waals surface area contributed by atoms with Crippen molar-refractivity contribution in [2.75, 3.05) is 40.6 Å². The van der Waals surface area contributed by atoms with E-state index in [9.17, 15) is 39.6 Å². The first-order valence-corrected chi connectivity index (χ1v) is 13.0. The zero-order chi connectivity index (χ0) is 32.2. The van der Waals surface area contributed by atoms with Crippen LogP contribution in [0.3, 0.4) is 0 Å². The van der Waals surface area contributed by atoms with Crippen LogP contribution >= 0.6 is 0 Å². The Morgan fingerprint density at radius 3 is 1.28 bits per heavy atom. The fourth-order valence-corrected chi connectivity index (χ4v) is 3.23. The van der Waals surface area contributed by atoms with Gasteiger partial charge in [0.1, 0.15) is 10.8 Å². The number of hydrogen-bond acceptors (Lipinski definition) is 12. The number of benzene rings is 2. The van der Waals surface area contributed by atoms with Crippen molar-refractivity contribution in [1.82, 2.24) is 0 Å². The Kier molecular flexibility index (Phi) is 12.8. The molecule has 232 valence electrons. The molecule has 2 aromatic rings. The molecule has 4 N–H and O–H groups in total. The van der Waals surface area contributed by atoms with Gasteiger partial charge in [-0.05, 0) is 61.4 Å². The lowest BCUT2D eigenvalue weighted by molar-refractivity contribution is -0.151. The van der Waals surface area contributed by atoms with E-state index in [-0.39, 0.29) is 23.0 Å². The molecule has 12 nitrogen and oxygen atoms in total. The molecule has 0 unspecified atom stereocenters. The Bertz CT molecular complexity index is 1260. The highest BCUT2D eigenvalue weighted by Gasteiger charge is 2.35. The number of rotatable bonds is 16. The minimum absolute atomic E-state index is 0.0103. The molecule has 0 aliphatic carbocycles. The van der Waals surface area contributed by atoms with Gasteiger partial charge in [-0.3, -0.25) is 19.2 Å². The van der Waals surface area contributed by atoms with Gasteiger partial charge in [-0.15, -0.1) is 0 Å². The molecule has 0 saturated carbocycles. The van der Waals surface area contributed by atoms with Gasteiger partial charge in [-0.1, -0.05) is 24.3 Å². The number of carbonyl (C=O) groups excluding carboxylic acids is 4. The number of allylic oxidation sites excluding steroid dienone is 2. The van der Waals surface area contributed by atoms with Crippen LogP contribution in [-0.2, 0) is 19.2 Å². The Hall–Kier alpha value is -4.36. The summed E-state index contributed by atoms with van der Waals surface area (Å²) in [6, 6.07) is 9.05. The van der Waals surface area contributed by atoms with Crippen molar-refractivity contribution in [3.8, 4) is 23.0 Å². The number of ketones is 2. The van der Waals surface area contributed by atoms with Crippen LogP contribution in [0.1, 0.15) is 31.4 Å². The molecule has 0 aliphatic heterocycles. The van der Waals surface area contributed by atoms with Gasteiger partial charge in [0.2, 0.25) is 0 Å². The molecule has 0 fully saturated rings. The van der Waals surface area contributed by atoms with Crippen molar-refractivity contribution >= 4 is 35.7 Å². The molecule has 2 rings (SSSR count). The summed E-state index contributed by atoms with van der Waals surface area (Å²) in [6.07, 6.45) is 4.78. The first-order valence-electron chi connectivity index (χ1n) is 13.0. The van der Waals surface area contributed by atoms with Crippen LogP contribution in [0.5, 0.6) is 23.0 Å². The molecule has 0 aliphatic rings. The van der Waals surface area contributed by atoms with E-state index in [2.05, 4.69) is 0 Å². The van der Waals surface area contributed by atoms with Crippen LogP contribution in [0.25, 0.3) is 12.2 Å². The molecular formula is C31H36O12. The predicted octanol–water partition coefficient (Wildman–Crippen LogP) is 1.75. The van der Waals surface area contributed by atoms with Crippen LogP contribution < -0.4 is 18.9 Å². The Balaban J connectivity index is 2.10. The van der Waals surface area contributed by atoms with Crippen LogP contribution in [0.15, 0.2) is 48.6 Å². The number of ether oxygens (including phenoxy) is 4. The molecular weight excluding hydrogens is 564 g/mol. The third-order valence-electron chi connectivity index (χ3n) is 6.43. The third kappa shape index (κ3) is 9.32. The second kappa shape index (κ2) is 15.8. The minimum Gasteiger partial charge on any atom is -0.493 e. The van der Waals surface area contributed by atoms with Crippen LogP contribution in [-0.4, -0.2) is 84.6 Å². The maximum atomic E-state index is 12.4. The second-order valence-electron chi connectivity index (χ2n) is 10.1. The van der Waals surface area contributed by atoms with E-state index in [4.69, 9.17) is 18.9 Å². The fourth-order valence-electron chi connectivity index (χ4n) is 3.23. The van der Waals surface area contributed by atoms with Crippen molar-refractivity contribution < 1.29 is 58.6 Å². The molecule has 0 aromatic heterocycles. The monoisotopic (exact) mass is 600 g/mol. The smallest absolute Gasteiger partial charge is 0.322 e. The van der Waals surface area contributed by atoms with E-state index in [0.717, 1.165) is 0 Å². The number of aliphatic hydroxyl groups excluding tert-OH is 4. The van der Waals surface area contributed by atoms with Crippen LogP contribution in [0, 0.1) is 10.8 Å². The largest absolute Gasteiger partial charge is 0.493 e. The molecule has 12 heteroatoms. The van der Waals surface area contributed by atoms with Gasteiger partial charge in [0.05, 0.1) is 47.1 Å². The van der Waals surface area contributed by atoms with E-state index in [1.807, 2.05) is 0 Å². The van der Waals surface area contributed by atoms with Gasteiger partial charge in [-0.2, -0.15) is 0 Å². The van der Waals surface area contributed by atoms with Crippen molar-refractivity contribution in [2.24, 2.45) is 10.8 Å². The van der Waals surface area contributed by atoms with E-state index < -0.39 is 67.2 Å². The van der Waals surface area contributed by atoms with E-state index >= 15 is 0 Å². The first-order chi connectivity index (χ1) is 20.4. The van der Waals surface area contributed by atoms with Gasteiger partial charge in [-0.25, -0.2) is 0 Å². The summed E-state index contributed by atoms with van der Waals surface area (Å²) in [5, 5.41) is 37.7. The summed E-state index contributed by atoms with van der Waals surface area (Å²) >= 11 is 0. The lowest BCUT2D eigenvalue weighted by atomic mass is 9.93. The molecule has 0 bridgehead atoms. The molecule has 0 amide bonds. The number of aliphatic hydroxyl groups is 4. The summed E-state index contributed by atoms with van der Waals surface area (Å²) in [4.78, 5) is 49.7. The predicted molar refractivity (Wildman–Crippen MR) is 155 cm³/mol. The number of methoxy groups -OCH3 is 2. The highest BCUT2D eigenvalue weighted by atomic mass is 16.6. The molecule has 0 atom stereocenters. The average molecular weight is 601 g/mol. The van der Waals surface area contributed by atoms with Gasteiger partial charge < -0.3 is 39.4 Å². The van der Waals surface area contributed by atoms with E-state index in [0.29, 0.717) is 11.1 Å². The second-order valence-corrected chi connectivity index (χ2v) is 10.1. The molecule has 2 aromatic carbocycles. The lowest BCUT2D eigenvalue weighted by Gasteiger charge is -2.22. The van der Waals surface area contributed by atoms with Gasteiger partial charge >= 0.3 is 11.9 Å². The highest BCUT2D eigenvalue weighted by Crippen LogP contribution is 2.32. The zero-order valence-electron chi connectivity index (χ0n) is 24.4. The molecule has 0 spiro atoms. The quantitative estimate of drug-likeness (QED) is 0.0948. The number of hydrogen-bond donors (Lipinski definition) is 4. The lowest BCUT2D eigenvalue weighted by Crippen LogP contribution is -2.38. The van der Waals surface area contributed by atoms with Crippen molar-refractivity contribution in [2.45, 2.75) is 20.3 Å². The van der Waals surface area contributed by atoms with E-state index in [1.54, 1.807) is 12.1 Å². The highest BCUT2D eigenvalue weighted by molar-refractivity contribution is 6.10. The maximum absolute atomic E-state index is 12.4. The number of esters is 2. The topological polar surface area (TPSA) is 186 Å². The summed E-state index contributed by atoms with van der Waals surface area (Å²) in [7, 11) is 2.73. The summed E-state index contributed by atoms with van der Waals surface area (Å²) in [5.41, 5.74) is -2.15. The molecule has 0 heterocycles. The molecule has 0 saturated heterocycles. The molecule has 0 radical (unpaired) electrons. The van der Waals surface area contributed by atoms with Crippen molar-refractivity contribution in [3.05, 3.63) is 59.7 Å². The first kappa shape index (κ1) is 34.8. The van der Waals surface area contributed by atoms with Crippen molar-refractivity contribution in [3.63, 3.8) is 0 Å². The Morgan fingerprint density at radius 2 is 0.977 bits per heavy atom. The fraction of sp³-hybridized carbons (Fsp3) is 0.355. The van der Waals surface area contributed by atoms with Crippen LogP contribution in [0.2, 0.25) is 0 Å². The average Bonchev–Trinajstić information content (AvgIpc) is 3.01. The Morgan fingerprint density at radius 1 is 0.628 bits per heavy atom. The third-order valence-corrected chi connectivity index (χ3v) is 6.43. The van der Waals surface area contributed by atoms with Crippen LogP contribution in [0.4, 0.5) is 0 Å². The van der Waals surface area contributed by atoms with Gasteiger partial charge in [0.15, 0.2) is 34.6 Å². The van der Waals surface area contributed by atoms with Crippen molar-refractivity contribution in [1.29, 1.82) is 0 Å². The summed E-state index contributed by atoms with van der Waals surface area (Å²) in [6.45, 7) is 0.132. The Labute approximate surface area is 248 Å². The molecule has 43 heavy (non-hydrogen) atoms. The SMILES string of the molecule is COc1ccc(/C=C/C(=O)CC(=O)/C=C/c2ccc(OC)c(OC(=O)C(C)(CO)CO)c2)cc1OC(=O)C(C)(CO)CO. The van der Waals surface area contributed by atoms with E-state index in [1.165, 1.54) is 76.6 Å². The minimum atomic E-state index is -1.53. The van der Waals surface area contributed by atoms with Gasteiger partial charge in [0.25, 0.3) is 0 Å². The standard InChI is InChI=1S/C31H36O12/c1-30(16-32,17-33)28(38)42-26-13-20(7-11-24(26)40-3)5-9-22(36)15-23(37)10-6-21-8-12-25(41-4)27(14-21)43-29(39)31(2,18-34)19-35/h5-14,32-35H,15-19H2,1-4H3/b9-5+,10-6+. The zero-order valence-corrected chi connectivity index (χ0v) is 24.4. The summed E-state index contributed by atoms with van der Waals surface area (Å²) in [5.74, 6) is -2.32.